The van der Waals surface area contributed by atoms with Crippen LogP contribution in [-0.2, 0) is 4.79 Å². The van der Waals surface area contributed by atoms with Gasteiger partial charge in [-0.2, -0.15) is 0 Å². The van der Waals surface area contributed by atoms with Crippen LogP contribution >= 0.6 is 0 Å². The largest absolute Gasteiger partial charge is 0.353 e. The molecule has 0 saturated heterocycles. The molecule has 3 nitrogen and oxygen atoms in total. The van der Waals surface area contributed by atoms with Crippen LogP contribution in [0, 0.1) is 0 Å². The third-order valence-electron chi connectivity index (χ3n) is 3.34. The fourth-order valence-corrected chi connectivity index (χ4v) is 2.12. The average molecular weight is 293 g/mol. The Bertz CT molecular complexity index is 645. The quantitative estimate of drug-likeness (QED) is 0.626. The molecule has 0 unspecified atom stereocenters. The van der Waals surface area contributed by atoms with E-state index in [-0.39, 0.29) is 24.5 Å². The molecule has 0 fully saturated rings. The smallest absolute Gasteiger partial charge is 0.220 e. The Morgan fingerprint density at radius 1 is 0.909 bits per heavy atom. The van der Waals surface area contributed by atoms with Crippen molar-refractivity contribution in [2.75, 3.05) is 6.54 Å². The van der Waals surface area contributed by atoms with Crippen molar-refractivity contribution < 1.29 is 9.59 Å². The Labute approximate surface area is 130 Å². The summed E-state index contributed by atoms with van der Waals surface area (Å²) in [5, 5.41) is 2.66. The first-order valence-corrected chi connectivity index (χ1v) is 7.27. The van der Waals surface area contributed by atoms with Crippen molar-refractivity contribution in [1.29, 1.82) is 0 Å². The molecule has 3 heteroatoms. The van der Waals surface area contributed by atoms with Gasteiger partial charge in [0.25, 0.3) is 0 Å². The van der Waals surface area contributed by atoms with Crippen molar-refractivity contribution in [3.63, 3.8) is 0 Å². The summed E-state index contributed by atoms with van der Waals surface area (Å²) in [6, 6.07) is 17.5. The highest BCUT2D eigenvalue weighted by atomic mass is 16.2. The van der Waals surface area contributed by atoms with E-state index in [9.17, 15) is 9.59 Å². The van der Waals surface area contributed by atoms with Crippen molar-refractivity contribution in [2.24, 2.45) is 0 Å². The molecule has 0 saturated carbocycles. The lowest BCUT2D eigenvalue weighted by Gasteiger charge is -2.05. The Hall–Kier alpha value is -2.68. The number of ketones is 1. The summed E-state index contributed by atoms with van der Waals surface area (Å²) in [5.41, 5.74) is 2.82. The number of hydrogen-bond donors (Lipinski definition) is 1. The van der Waals surface area contributed by atoms with Gasteiger partial charge in [-0.1, -0.05) is 60.7 Å². The van der Waals surface area contributed by atoms with Crippen LogP contribution in [0.15, 0.2) is 67.3 Å². The predicted octanol–water partition coefficient (Wildman–Crippen LogP) is 3.62. The second-order valence-electron chi connectivity index (χ2n) is 4.96. The zero-order valence-electron chi connectivity index (χ0n) is 12.4. The monoisotopic (exact) mass is 293 g/mol. The maximum atomic E-state index is 12.1. The first-order chi connectivity index (χ1) is 10.7. The predicted molar refractivity (Wildman–Crippen MR) is 88.6 cm³/mol. The van der Waals surface area contributed by atoms with E-state index in [0.29, 0.717) is 12.1 Å². The summed E-state index contributed by atoms with van der Waals surface area (Å²) in [4.78, 5) is 23.5. The van der Waals surface area contributed by atoms with Crippen LogP contribution in [-0.4, -0.2) is 18.2 Å². The van der Waals surface area contributed by atoms with Crippen LogP contribution in [0.5, 0.6) is 0 Å². The third-order valence-corrected chi connectivity index (χ3v) is 3.34. The summed E-state index contributed by atoms with van der Waals surface area (Å²) in [6.07, 6.45) is 2.03. The zero-order valence-corrected chi connectivity index (χ0v) is 12.4. The van der Waals surface area contributed by atoms with Gasteiger partial charge in [0.05, 0.1) is 0 Å². The lowest BCUT2D eigenvalue weighted by atomic mass is 10.0. The van der Waals surface area contributed by atoms with Crippen LogP contribution in [0.4, 0.5) is 0 Å². The number of amides is 1. The van der Waals surface area contributed by atoms with Crippen LogP contribution in [0.2, 0.25) is 0 Å². The first-order valence-electron chi connectivity index (χ1n) is 7.27. The number of hydrogen-bond acceptors (Lipinski definition) is 2. The second-order valence-corrected chi connectivity index (χ2v) is 4.96. The molecule has 0 spiro atoms. The molecule has 0 atom stereocenters. The van der Waals surface area contributed by atoms with E-state index in [1.807, 2.05) is 54.6 Å². The van der Waals surface area contributed by atoms with Crippen molar-refractivity contribution in [1.82, 2.24) is 5.32 Å². The lowest BCUT2D eigenvalue weighted by molar-refractivity contribution is -0.120. The van der Waals surface area contributed by atoms with E-state index < -0.39 is 0 Å². The Kier molecular flexibility index (Phi) is 5.66. The van der Waals surface area contributed by atoms with Crippen molar-refractivity contribution >= 4 is 11.7 Å². The molecular formula is C19H19NO2. The lowest BCUT2D eigenvalue weighted by Crippen LogP contribution is -2.23. The van der Waals surface area contributed by atoms with E-state index in [1.54, 1.807) is 6.08 Å². The number of benzene rings is 2. The van der Waals surface area contributed by atoms with Gasteiger partial charge < -0.3 is 5.32 Å². The van der Waals surface area contributed by atoms with Gasteiger partial charge in [0.15, 0.2) is 5.78 Å². The van der Waals surface area contributed by atoms with E-state index in [1.165, 1.54) is 0 Å². The summed E-state index contributed by atoms with van der Waals surface area (Å²) in [6.45, 7) is 3.96. The van der Waals surface area contributed by atoms with Crippen molar-refractivity contribution in [3.05, 3.63) is 72.8 Å². The minimum atomic E-state index is -0.130. The number of Topliss-reactive ketones (excluding diaryl/α,β-unsaturated/α-hetero) is 1. The van der Waals surface area contributed by atoms with E-state index in [0.717, 1.165) is 11.1 Å². The van der Waals surface area contributed by atoms with E-state index >= 15 is 0 Å². The third kappa shape index (κ3) is 4.42. The minimum absolute atomic E-state index is 0.0200. The fraction of sp³-hybridized carbons (Fsp3) is 0.158. The molecule has 22 heavy (non-hydrogen) atoms. The van der Waals surface area contributed by atoms with Gasteiger partial charge in [0.2, 0.25) is 5.91 Å². The molecule has 0 aliphatic heterocycles. The van der Waals surface area contributed by atoms with Crippen LogP contribution < -0.4 is 5.32 Å². The molecule has 2 rings (SSSR count). The maximum Gasteiger partial charge on any atom is 0.220 e. The maximum absolute atomic E-state index is 12.1. The molecule has 0 radical (unpaired) electrons. The summed E-state index contributed by atoms with van der Waals surface area (Å²) in [5.74, 6) is -0.150. The normalized spacial score (nSPS) is 10.0. The number of carbonyl (C=O) groups excluding carboxylic acids is 2. The molecule has 2 aromatic carbocycles. The van der Waals surface area contributed by atoms with Gasteiger partial charge >= 0.3 is 0 Å². The summed E-state index contributed by atoms with van der Waals surface area (Å²) < 4.78 is 0. The van der Waals surface area contributed by atoms with Crippen molar-refractivity contribution in [2.45, 2.75) is 12.8 Å². The van der Waals surface area contributed by atoms with Crippen LogP contribution in [0.3, 0.4) is 0 Å². The molecule has 0 aliphatic rings. The molecule has 1 amide bonds. The fourth-order valence-electron chi connectivity index (χ4n) is 2.12. The standard InChI is InChI=1S/C19H19NO2/c1-2-14-20-19(22)13-12-18(21)17-10-8-16(9-11-17)15-6-4-3-5-7-15/h2-11H,1,12-14H2,(H,20,22). The first kappa shape index (κ1) is 15.7. The molecule has 2 aromatic rings. The molecule has 1 N–H and O–H groups in total. The molecule has 0 aromatic heterocycles. The molecular weight excluding hydrogens is 274 g/mol. The highest BCUT2D eigenvalue weighted by molar-refractivity contribution is 5.98. The zero-order chi connectivity index (χ0) is 15.8. The average Bonchev–Trinajstić information content (AvgIpc) is 2.58. The topological polar surface area (TPSA) is 46.2 Å². The van der Waals surface area contributed by atoms with E-state index in [4.69, 9.17) is 0 Å². The minimum Gasteiger partial charge on any atom is -0.353 e. The van der Waals surface area contributed by atoms with Gasteiger partial charge in [0, 0.05) is 24.9 Å². The Morgan fingerprint density at radius 2 is 1.55 bits per heavy atom. The highest BCUT2D eigenvalue weighted by Crippen LogP contribution is 2.19. The van der Waals surface area contributed by atoms with Crippen molar-refractivity contribution in [3.8, 4) is 11.1 Å². The number of rotatable bonds is 7. The number of carbonyl (C=O) groups is 2. The number of nitrogens with one attached hydrogen (secondary N) is 1. The summed E-state index contributed by atoms with van der Waals surface area (Å²) >= 11 is 0. The van der Waals surface area contributed by atoms with Gasteiger partial charge in [-0.15, -0.1) is 6.58 Å². The second kappa shape index (κ2) is 7.93. The van der Waals surface area contributed by atoms with Gasteiger partial charge in [0.1, 0.15) is 0 Å². The summed E-state index contributed by atoms with van der Waals surface area (Å²) in [7, 11) is 0. The molecule has 112 valence electrons. The van der Waals surface area contributed by atoms with Gasteiger partial charge in [-0.05, 0) is 11.1 Å². The van der Waals surface area contributed by atoms with Gasteiger partial charge in [-0.25, -0.2) is 0 Å². The SMILES string of the molecule is C=CCNC(=O)CCC(=O)c1ccc(-c2ccccc2)cc1. The van der Waals surface area contributed by atoms with Gasteiger partial charge in [-0.3, -0.25) is 9.59 Å². The highest BCUT2D eigenvalue weighted by Gasteiger charge is 2.09. The van der Waals surface area contributed by atoms with Crippen LogP contribution in [0.1, 0.15) is 23.2 Å². The van der Waals surface area contributed by atoms with E-state index in [2.05, 4.69) is 11.9 Å². The molecule has 0 aliphatic carbocycles. The van der Waals surface area contributed by atoms with Crippen LogP contribution in [0.25, 0.3) is 11.1 Å². The Balaban J connectivity index is 1.94. The Morgan fingerprint density at radius 3 is 2.18 bits per heavy atom. The molecule has 0 heterocycles. The molecule has 0 bridgehead atoms.